The van der Waals surface area contributed by atoms with E-state index in [4.69, 9.17) is 9.98 Å². The lowest BCUT2D eigenvalue weighted by atomic mass is 10.2. The lowest BCUT2D eigenvalue weighted by Crippen LogP contribution is -2.47. The van der Waals surface area contributed by atoms with E-state index < -0.39 is 0 Å². The number of aryl methyl sites for hydroxylation is 2. The average Bonchev–Trinajstić information content (AvgIpc) is 3.22. The van der Waals surface area contributed by atoms with E-state index in [9.17, 15) is 0 Å². The summed E-state index contributed by atoms with van der Waals surface area (Å²) in [4.78, 5) is 20.1. The molecule has 0 fully saturated rings. The average molecular weight is 745 g/mol. The lowest BCUT2D eigenvalue weighted by Gasteiger charge is -2.42. The van der Waals surface area contributed by atoms with Crippen LogP contribution < -0.4 is 19.6 Å². The van der Waals surface area contributed by atoms with Gasteiger partial charge in [0.15, 0.2) is 22.0 Å². The van der Waals surface area contributed by atoms with Crippen molar-refractivity contribution in [1.29, 1.82) is 0 Å². The minimum atomic E-state index is 0.806. The van der Waals surface area contributed by atoms with Crippen molar-refractivity contribution in [2.75, 3.05) is 45.2 Å². The summed E-state index contributed by atoms with van der Waals surface area (Å²) in [6.07, 6.45) is 0. The first-order valence-electron chi connectivity index (χ1n) is 18.0. The van der Waals surface area contributed by atoms with E-state index in [0.29, 0.717) is 0 Å². The van der Waals surface area contributed by atoms with E-state index in [1.165, 1.54) is 11.1 Å². The van der Waals surface area contributed by atoms with Crippen molar-refractivity contribution in [3.8, 4) is 0 Å². The van der Waals surface area contributed by atoms with Crippen LogP contribution in [0.2, 0.25) is 0 Å². The van der Waals surface area contributed by atoms with E-state index in [1.807, 2.05) is 36.4 Å². The molecule has 54 heavy (non-hydrogen) atoms. The van der Waals surface area contributed by atoms with Crippen molar-refractivity contribution in [2.24, 2.45) is 9.98 Å². The molecule has 0 spiro atoms. The van der Waals surface area contributed by atoms with Crippen molar-refractivity contribution >= 4 is 68.0 Å². The third-order valence-corrected chi connectivity index (χ3v) is 11.2. The molecule has 0 bridgehead atoms. The molecular formula is C46H44N6S2. The maximum absolute atomic E-state index is 5.43. The Hall–Kier alpha value is -5.70. The summed E-state index contributed by atoms with van der Waals surface area (Å²) in [6.45, 7) is 4.26. The molecule has 6 nitrogen and oxygen atoms in total. The Morgan fingerprint density at radius 3 is 1.07 bits per heavy atom. The first kappa shape index (κ1) is 36.6. The fourth-order valence-electron chi connectivity index (χ4n) is 6.17. The summed E-state index contributed by atoms with van der Waals surface area (Å²) >= 11 is 3.51. The maximum Gasteiger partial charge on any atom is 0.174 e. The maximum atomic E-state index is 5.43. The normalized spacial score (nSPS) is 16.7. The van der Waals surface area contributed by atoms with Gasteiger partial charge >= 0.3 is 0 Å². The smallest absolute Gasteiger partial charge is 0.174 e. The second kappa shape index (κ2) is 17.4. The van der Waals surface area contributed by atoms with Gasteiger partial charge < -0.3 is 9.80 Å². The number of nitrogens with zero attached hydrogens (tertiary/aromatic N) is 6. The quantitative estimate of drug-likeness (QED) is 0.154. The molecule has 1 heterocycles. The SMILES string of the molecule is Cc1ccc(N2C(=Nc3ccccc3)SCCSC(=Nc3ccccc3)N(c3ccc(C)cc3)/C(N(C)c3ccccc3)=C\2N(C)c2ccccc2)cc1. The Morgan fingerprint density at radius 2 is 0.741 bits per heavy atom. The second-order valence-electron chi connectivity index (χ2n) is 12.9. The number of hydrogen-bond acceptors (Lipinski definition) is 6. The largest absolute Gasteiger partial charge is 0.327 e. The molecule has 1 aliphatic heterocycles. The summed E-state index contributed by atoms with van der Waals surface area (Å²) in [5.74, 6) is 3.42. The van der Waals surface area contributed by atoms with Crippen LogP contribution in [0.15, 0.2) is 191 Å². The van der Waals surface area contributed by atoms with Crippen LogP contribution in [0.25, 0.3) is 0 Å². The summed E-state index contributed by atoms with van der Waals surface area (Å²) in [7, 11) is 4.30. The Balaban J connectivity index is 1.65. The van der Waals surface area contributed by atoms with Crippen LogP contribution in [-0.4, -0.2) is 35.9 Å². The molecule has 0 atom stereocenters. The highest BCUT2D eigenvalue weighted by Gasteiger charge is 2.35. The molecule has 6 aromatic carbocycles. The van der Waals surface area contributed by atoms with Gasteiger partial charge in [-0.25, -0.2) is 9.98 Å². The standard InChI is InChI=1S/C46H44N6S2/c1-35-25-29-41(30-26-35)51-43(49(3)39-21-13-7-14-22-39)44(50(4)40-23-15-8-16-24-40)52(42-31-27-36(2)28-32-42)46(48-38-19-11-6-12-20-38)54-34-33-53-45(51)47-37-17-9-5-10-18-37/h5-32H,33-34H2,1-4H3/b44-43-,47-45?,48-46?. The van der Waals surface area contributed by atoms with Gasteiger partial charge in [-0.15, -0.1) is 0 Å². The van der Waals surface area contributed by atoms with E-state index >= 15 is 0 Å². The van der Waals surface area contributed by atoms with Gasteiger partial charge in [0, 0.05) is 48.4 Å². The molecule has 0 saturated carbocycles. The number of aliphatic imine (C=N–C) groups is 2. The zero-order valence-corrected chi connectivity index (χ0v) is 32.7. The van der Waals surface area contributed by atoms with Crippen LogP contribution in [0.3, 0.4) is 0 Å². The fraction of sp³-hybridized carbons (Fsp3) is 0.130. The molecule has 0 radical (unpaired) electrons. The van der Waals surface area contributed by atoms with Gasteiger partial charge in [0.2, 0.25) is 0 Å². The van der Waals surface area contributed by atoms with Crippen LogP contribution in [-0.2, 0) is 0 Å². The van der Waals surface area contributed by atoms with Crippen LogP contribution in [0.5, 0.6) is 0 Å². The molecule has 0 aromatic heterocycles. The molecule has 0 unspecified atom stereocenters. The molecule has 7 rings (SSSR count). The van der Waals surface area contributed by atoms with Gasteiger partial charge in [-0.1, -0.05) is 132 Å². The van der Waals surface area contributed by atoms with Gasteiger partial charge in [-0.2, -0.15) is 0 Å². The number of para-hydroxylation sites is 4. The van der Waals surface area contributed by atoms with Gasteiger partial charge in [0.1, 0.15) is 0 Å². The predicted octanol–water partition coefficient (Wildman–Crippen LogP) is 11.9. The van der Waals surface area contributed by atoms with Gasteiger partial charge in [-0.05, 0) is 86.6 Å². The number of thioether (sulfide) groups is 2. The highest BCUT2D eigenvalue weighted by molar-refractivity contribution is 8.17. The fourth-order valence-corrected chi connectivity index (χ4v) is 8.18. The Bertz CT molecular complexity index is 2050. The first-order valence-corrected chi connectivity index (χ1v) is 20.0. The van der Waals surface area contributed by atoms with Gasteiger partial charge in [0.05, 0.1) is 11.4 Å². The molecule has 0 N–H and O–H groups in total. The van der Waals surface area contributed by atoms with Crippen molar-refractivity contribution in [1.82, 2.24) is 0 Å². The van der Waals surface area contributed by atoms with Crippen molar-refractivity contribution < 1.29 is 0 Å². The number of rotatable bonds is 8. The van der Waals surface area contributed by atoms with Gasteiger partial charge in [-0.3, -0.25) is 9.80 Å². The third kappa shape index (κ3) is 8.57. The summed E-state index contributed by atoms with van der Waals surface area (Å²) in [5, 5.41) is 1.74. The Labute approximate surface area is 328 Å². The number of amidine groups is 2. The molecule has 6 aromatic rings. The highest BCUT2D eigenvalue weighted by atomic mass is 32.2. The van der Waals surface area contributed by atoms with E-state index in [-0.39, 0.29) is 0 Å². The van der Waals surface area contributed by atoms with E-state index in [2.05, 4.69) is 181 Å². The van der Waals surface area contributed by atoms with E-state index in [1.54, 1.807) is 23.5 Å². The summed E-state index contributed by atoms with van der Waals surface area (Å²) < 4.78 is 0. The van der Waals surface area contributed by atoms with Crippen molar-refractivity contribution in [3.05, 3.63) is 193 Å². The van der Waals surface area contributed by atoms with Crippen LogP contribution in [0.1, 0.15) is 11.1 Å². The highest BCUT2D eigenvalue weighted by Crippen LogP contribution is 2.39. The summed E-state index contributed by atoms with van der Waals surface area (Å²) in [5.41, 5.74) is 8.22. The van der Waals surface area contributed by atoms with E-state index in [0.717, 1.165) is 67.6 Å². The van der Waals surface area contributed by atoms with Crippen LogP contribution in [0, 0.1) is 13.8 Å². The summed E-state index contributed by atoms with van der Waals surface area (Å²) in [6, 6.07) is 59.1. The monoisotopic (exact) mass is 744 g/mol. The number of anilines is 4. The predicted molar refractivity (Wildman–Crippen MR) is 236 cm³/mol. The molecular weight excluding hydrogens is 701 g/mol. The van der Waals surface area contributed by atoms with Crippen molar-refractivity contribution in [2.45, 2.75) is 13.8 Å². The molecule has 0 amide bonds. The second-order valence-corrected chi connectivity index (χ2v) is 15.1. The molecule has 1 aliphatic rings. The minimum Gasteiger partial charge on any atom is -0.327 e. The molecule has 270 valence electrons. The Kier molecular flexibility index (Phi) is 11.8. The zero-order chi connectivity index (χ0) is 37.3. The third-order valence-electron chi connectivity index (χ3n) is 9.02. The topological polar surface area (TPSA) is 37.7 Å². The first-order chi connectivity index (χ1) is 26.5. The van der Waals surface area contributed by atoms with Crippen LogP contribution in [0.4, 0.5) is 34.1 Å². The number of hydrogen-bond donors (Lipinski definition) is 0. The lowest BCUT2D eigenvalue weighted by molar-refractivity contribution is 0.924. The molecule has 0 aliphatic carbocycles. The molecule has 0 saturated heterocycles. The molecule has 8 heteroatoms. The van der Waals surface area contributed by atoms with Crippen LogP contribution >= 0.6 is 23.5 Å². The Morgan fingerprint density at radius 1 is 0.426 bits per heavy atom. The zero-order valence-electron chi connectivity index (χ0n) is 31.1. The minimum absolute atomic E-state index is 0.806. The van der Waals surface area contributed by atoms with Crippen molar-refractivity contribution in [3.63, 3.8) is 0 Å². The number of benzene rings is 6. The van der Waals surface area contributed by atoms with Gasteiger partial charge in [0.25, 0.3) is 0 Å².